The quantitative estimate of drug-likeness (QED) is 0.505. The van der Waals surface area contributed by atoms with Gasteiger partial charge in [0.25, 0.3) is 0 Å². The number of hydrogen-bond acceptors (Lipinski definition) is 2. The molecule has 1 spiro atoms. The van der Waals surface area contributed by atoms with E-state index in [1.165, 1.54) is 69.3 Å². The summed E-state index contributed by atoms with van der Waals surface area (Å²) in [7, 11) is 0. The Bertz CT molecular complexity index is 285. The van der Waals surface area contributed by atoms with E-state index in [1.54, 1.807) is 0 Å². The lowest BCUT2D eigenvalue weighted by atomic mass is 9.74. The molecule has 2 aliphatic heterocycles. The molecule has 0 N–H and O–H groups in total. The van der Waals surface area contributed by atoms with Gasteiger partial charge in [0, 0.05) is 12.0 Å². The fraction of sp³-hybridized carbons (Fsp3) is 1.00. The normalized spacial score (nSPS) is 39.9. The first-order valence-corrected chi connectivity index (χ1v) is 9.72. The standard InChI is InChI=1S/C16H27ClOS/c17-15-4-2-1-3-13(11-15)14-5-8-18-16(12-14)6-9-19-10-7-16/h13-15H,1-12H2. The first-order valence-electron chi connectivity index (χ1n) is 8.13. The fourth-order valence-corrected chi connectivity index (χ4v) is 5.94. The van der Waals surface area contributed by atoms with Crippen molar-refractivity contribution in [1.29, 1.82) is 0 Å². The van der Waals surface area contributed by atoms with Gasteiger partial charge in [-0.3, -0.25) is 0 Å². The van der Waals surface area contributed by atoms with Crippen molar-refractivity contribution < 1.29 is 4.74 Å². The third-order valence-corrected chi connectivity index (χ3v) is 6.88. The van der Waals surface area contributed by atoms with Crippen LogP contribution in [-0.2, 0) is 4.74 Å². The Balaban J connectivity index is 1.63. The zero-order valence-corrected chi connectivity index (χ0v) is 13.5. The molecule has 110 valence electrons. The summed E-state index contributed by atoms with van der Waals surface area (Å²) in [5, 5.41) is 0.438. The van der Waals surface area contributed by atoms with E-state index in [9.17, 15) is 0 Å². The maximum atomic E-state index is 6.48. The van der Waals surface area contributed by atoms with Crippen molar-refractivity contribution in [3.05, 3.63) is 0 Å². The minimum absolute atomic E-state index is 0.252. The molecule has 3 atom stereocenters. The summed E-state index contributed by atoms with van der Waals surface area (Å²) in [5.74, 6) is 4.36. The molecule has 0 aromatic carbocycles. The van der Waals surface area contributed by atoms with Gasteiger partial charge >= 0.3 is 0 Å². The minimum atomic E-state index is 0.252. The van der Waals surface area contributed by atoms with Crippen molar-refractivity contribution in [2.45, 2.75) is 68.8 Å². The first-order chi connectivity index (χ1) is 9.27. The number of alkyl halides is 1. The second kappa shape index (κ2) is 6.58. The third-order valence-electron chi connectivity index (χ3n) is 5.50. The smallest absolute Gasteiger partial charge is 0.0701 e. The highest BCUT2D eigenvalue weighted by Gasteiger charge is 2.41. The van der Waals surface area contributed by atoms with Gasteiger partial charge in [0.05, 0.1) is 5.60 Å². The lowest BCUT2D eigenvalue weighted by Gasteiger charge is -2.45. The lowest BCUT2D eigenvalue weighted by molar-refractivity contribution is -0.111. The Kier molecular flexibility index (Phi) is 5.03. The van der Waals surface area contributed by atoms with Crippen molar-refractivity contribution in [2.24, 2.45) is 11.8 Å². The van der Waals surface area contributed by atoms with Crippen molar-refractivity contribution >= 4 is 23.4 Å². The summed E-state index contributed by atoms with van der Waals surface area (Å²) in [4.78, 5) is 0. The van der Waals surface area contributed by atoms with Crippen LogP contribution in [0.1, 0.15) is 57.8 Å². The SMILES string of the molecule is ClC1CCCCC(C2CCOC3(CCSCC3)C2)C1. The molecular weight excluding hydrogens is 276 g/mol. The number of thioether (sulfide) groups is 1. The van der Waals surface area contributed by atoms with E-state index in [0.717, 1.165) is 18.4 Å². The summed E-state index contributed by atoms with van der Waals surface area (Å²) in [6, 6.07) is 0. The molecule has 3 heteroatoms. The molecule has 0 amide bonds. The van der Waals surface area contributed by atoms with Gasteiger partial charge in [-0.05, 0) is 61.9 Å². The molecule has 0 bridgehead atoms. The topological polar surface area (TPSA) is 9.23 Å². The lowest BCUT2D eigenvalue weighted by Crippen LogP contribution is -2.44. The van der Waals surface area contributed by atoms with Crippen LogP contribution in [0.4, 0.5) is 0 Å². The van der Waals surface area contributed by atoms with Crippen LogP contribution < -0.4 is 0 Å². The van der Waals surface area contributed by atoms with Crippen molar-refractivity contribution in [3.8, 4) is 0 Å². The molecule has 3 rings (SSSR count). The molecule has 2 saturated heterocycles. The summed E-state index contributed by atoms with van der Waals surface area (Å²) < 4.78 is 6.24. The average Bonchev–Trinajstić information content (AvgIpc) is 2.64. The molecule has 2 heterocycles. The van der Waals surface area contributed by atoms with Gasteiger partial charge < -0.3 is 4.74 Å². The molecule has 3 unspecified atom stereocenters. The fourth-order valence-electron chi connectivity index (χ4n) is 4.32. The molecule has 0 aromatic rings. The first kappa shape index (κ1) is 14.5. The largest absolute Gasteiger partial charge is 0.375 e. The summed E-state index contributed by atoms with van der Waals surface area (Å²) in [6.45, 7) is 0.999. The highest BCUT2D eigenvalue weighted by Crippen LogP contribution is 2.45. The molecular formula is C16H27ClOS. The van der Waals surface area contributed by atoms with Crippen LogP contribution in [0.15, 0.2) is 0 Å². The second-order valence-corrected chi connectivity index (χ2v) is 8.62. The monoisotopic (exact) mass is 302 g/mol. The number of ether oxygens (including phenoxy) is 1. The van der Waals surface area contributed by atoms with Crippen LogP contribution >= 0.6 is 23.4 Å². The van der Waals surface area contributed by atoms with Gasteiger partial charge in [-0.25, -0.2) is 0 Å². The Morgan fingerprint density at radius 1 is 1.00 bits per heavy atom. The van der Waals surface area contributed by atoms with Gasteiger partial charge in [0.1, 0.15) is 0 Å². The van der Waals surface area contributed by atoms with Gasteiger partial charge in [0.2, 0.25) is 0 Å². The van der Waals surface area contributed by atoms with Crippen LogP contribution in [0.5, 0.6) is 0 Å². The molecule has 1 nitrogen and oxygen atoms in total. The Labute approximate surface area is 127 Å². The molecule has 3 aliphatic rings. The van der Waals surface area contributed by atoms with Crippen molar-refractivity contribution in [1.82, 2.24) is 0 Å². The molecule has 0 radical (unpaired) electrons. The average molecular weight is 303 g/mol. The third kappa shape index (κ3) is 3.63. The number of halogens is 1. The molecule has 1 saturated carbocycles. The highest BCUT2D eigenvalue weighted by molar-refractivity contribution is 7.99. The van der Waals surface area contributed by atoms with Crippen LogP contribution in [0.2, 0.25) is 0 Å². The Morgan fingerprint density at radius 3 is 2.63 bits per heavy atom. The highest BCUT2D eigenvalue weighted by atomic mass is 35.5. The number of rotatable bonds is 1. The van der Waals surface area contributed by atoms with E-state index in [2.05, 4.69) is 11.8 Å². The van der Waals surface area contributed by atoms with E-state index in [-0.39, 0.29) is 5.60 Å². The van der Waals surface area contributed by atoms with Gasteiger partial charge in [-0.15, -0.1) is 11.6 Å². The molecule has 19 heavy (non-hydrogen) atoms. The Hall–Kier alpha value is 0.600. The Morgan fingerprint density at radius 2 is 1.79 bits per heavy atom. The summed E-state index contributed by atoms with van der Waals surface area (Å²) in [5.41, 5.74) is 0.252. The van der Waals surface area contributed by atoms with Gasteiger partial charge in [-0.1, -0.05) is 19.3 Å². The van der Waals surface area contributed by atoms with E-state index in [0.29, 0.717) is 5.38 Å². The van der Waals surface area contributed by atoms with Crippen LogP contribution in [0.25, 0.3) is 0 Å². The van der Waals surface area contributed by atoms with Gasteiger partial charge in [-0.2, -0.15) is 11.8 Å². The zero-order valence-electron chi connectivity index (χ0n) is 11.9. The summed E-state index contributed by atoms with van der Waals surface area (Å²) >= 11 is 8.58. The molecule has 1 aliphatic carbocycles. The number of hydrogen-bond donors (Lipinski definition) is 0. The van der Waals surface area contributed by atoms with E-state index in [4.69, 9.17) is 16.3 Å². The second-order valence-electron chi connectivity index (χ2n) is 6.77. The maximum absolute atomic E-state index is 6.48. The van der Waals surface area contributed by atoms with Crippen LogP contribution in [-0.4, -0.2) is 29.1 Å². The van der Waals surface area contributed by atoms with E-state index >= 15 is 0 Å². The van der Waals surface area contributed by atoms with Crippen molar-refractivity contribution in [2.75, 3.05) is 18.1 Å². The molecule has 3 fully saturated rings. The van der Waals surface area contributed by atoms with Crippen LogP contribution in [0.3, 0.4) is 0 Å². The van der Waals surface area contributed by atoms with Crippen molar-refractivity contribution in [3.63, 3.8) is 0 Å². The summed E-state index contributed by atoms with van der Waals surface area (Å²) in [6.07, 6.45) is 11.8. The predicted molar refractivity (Wildman–Crippen MR) is 84.2 cm³/mol. The minimum Gasteiger partial charge on any atom is -0.375 e. The van der Waals surface area contributed by atoms with E-state index < -0.39 is 0 Å². The zero-order chi connectivity index (χ0) is 13.1. The maximum Gasteiger partial charge on any atom is 0.0701 e. The molecule has 0 aromatic heterocycles. The van der Waals surface area contributed by atoms with E-state index in [1.807, 2.05) is 0 Å². The van der Waals surface area contributed by atoms with Crippen LogP contribution in [0, 0.1) is 11.8 Å². The predicted octanol–water partition coefficient (Wildman–Crippen LogP) is 4.87. The van der Waals surface area contributed by atoms with Gasteiger partial charge in [0.15, 0.2) is 0 Å².